The topological polar surface area (TPSA) is 12.4 Å². The molecule has 0 aliphatic rings. The molecule has 2 heteroatoms. The summed E-state index contributed by atoms with van der Waals surface area (Å²) in [6.07, 6.45) is 1.10. The third-order valence-corrected chi connectivity index (χ3v) is 1.76. The SMILES string of the molecule is CC/C(CI)=N\C. The lowest BCUT2D eigenvalue weighted by Crippen LogP contribution is -1.94. The first-order chi connectivity index (χ1) is 3.35. The zero-order valence-electron chi connectivity index (χ0n) is 4.74. The van der Waals surface area contributed by atoms with Crippen LogP contribution in [0.1, 0.15) is 13.3 Å². The minimum atomic E-state index is 1.07. The molecule has 0 radical (unpaired) electrons. The van der Waals surface area contributed by atoms with Gasteiger partial charge in [0, 0.05) is 17.2 Å². The lowest BCUT2D eigenvalue weighted by atomic mass is 10.3. The Morgan fingerprint density at radius 1 is 1.71 bits per heavy atom. The Labute approximate surface area is 58.4 Å². The van der Waals surface area contributed by atoms with Gasteiger partial charge in [0.15, 0.2) is 0 Å². The molecule has 0 aromatic rings. The average Bonchev–Trinajstić information content (AvgIpc) is 1.72. The Balaban J connectivity index is 3.38. The summed E-state index contributed by atoms with van der Waals surface area (Å²) >= 11 is 2.32. The highest BCUT2D eigenvalue weighted by Crippen LogP contribution is 1.89. The normalized spacial score (nSPS) is 12.1. The number of rotatable bonds is 2. The van der Waals surface area contributed by atoms with Gasteiger partial charge in [0.05, 0.1) is 0 Å². The molecule has 0 amide bonds. The van der Waals surface area contributed by atoms with E-state index < -0.39 is 0 Å². The molecule has 0 aromatic carbocycles. The number of hydrogen-bond acceptors (Lipinski definition) is 1. The van der Waals surface area contributed by atoms with Gasteiger partial charge in [0.25, 0.3) is 0 Å². The molecule has 0 aliphatic carbocycles. The van der Waals surface area contributed by atoms with E-state index in [2.05, 4.69) is 34.5 Å². The van der Waals surface area contributed by atoms with Gasteiger partial charge in [-0.2, -0.15) is 0 Å². The molecular weight excluding hydrogens is 201 g/mol. The van der Waals surface area contributed by atoms with Crippen molar-refractivity contribution >= 4 is 28.3 Å². The molecule has 0 rings (SSSR count). The molecule has 1 nitrogen and oxygen atoms in total. The van der Waals surface area contributed by atoms with Crippen LogP contribution in [0.15, 0.2) is 4.99 Å². The fraction of sp³-hybridized carbons (Fsp3) is 0.800. The number of nitrogens with zero attached hydrogens (tertiary/aromatic N) is 1. The zero-order valence-corrected chi connectivity index (χ0v) is 6.90. The van der Waals surface area contributed by atoms with Crippen molar-refractivity contribution in [1.82, 2.24) is 0 Å². The lowest BCUT2D eigenvalue weighted by Gasteiger charge is -1.90. The van der Waals surface area contributed by atoms with Gasteiger partial charge in [0.1, 0.15) is 0 Å². The van der Waals surface area contributed by atoms with Gasteiger partial charge in [-0.1, -0.05) is 29.5 Å². The second-order valence-corrected chi connectivity index (χ2v) is 2.04. The van der Waals surface area contributed by atoms with Crippen molar-refractivity contribution in [3.05, 3.63) is 0 Å². The van der Waals surface area contributed by atoms with Crippen molar-refractivity contribution in [1.29, 1.82) is 0 Å². The molecule has 7 heavy (non-hydrogen) atoms. The van der Waals surface area contributed by atoms with Gasteiger partial charge in [0.2, 0.25) is 0 Å². The average molecular weight is 211 g/mol. The fourth-order valence-corrected chi connectivity index (χ4v) is 1.19. The standard InChI is InChI=1S/C5H10IN/c1-3-5(4-6)7-2/h3-4H2,1-2H3/b7-5+. The van der Waals surface area contributed by atoms with E-state index in [0.717, 1.165) is 10.8 Å². The molecule has 0 heterocycles. The maximum Gasteiger partial charge on any atom is 0.0376 e. The summed E-state index contributed by atoms with van der Waals surface area (Å²) in [5, 5.41) is 0. The molecule has 0 saturated heterocycles. The first-order valence-electron chi connectivity index (χ1n) is 2.35. The third kappa shape index (κ3) is 3.02. The summed E-state index contributed by atoms with van der Waals surface area (Å²) in [5.74, 6) is 0. The molecule has 0 aromatic heterocycles. The van der Waals surface area contributed by atoms with Gasteiger partial charge < -0.3 is 0 Å². The molecule has 0 bridgehead atoms. The van der Waals surface area contributed by atoms with Crippen molar-refractivity contribution in [2.75, 3.05) is 11.5 Å². The molecule has 0 atom stereocenters. The summed E-state index contributed by atoms with van der Waals surface area (Å²) in [4.78, 5) is 4.03. The van der Waals surface area contributed by atoms with E-state index in [1.807, 2.05) is 7.05 Å². The Morgan fingerprint density at radius 2 is 2.29 bits per heavy atom. The maximum absolute atomic E-state index is 4.03. The van der Waals surface area contributed by atoms with Gasteiger partial charge in [-0.15, -0.1) is 0 Å². The fourth-order valence-electron chi connectivity index (χ4n) is 0.312. The van der Waals surface area contributed by atoms with Crippen LogP contribution in [0.2, 0.25) is 0 Å². The number of alkyl halides is 1. The summed E-state index contributed by atoms with van der Waals surface area (Å²) in [5.41, 5.74) is 1.29. The van der Waals surface area contributed by atoms with Crippen LogP contribution in [0.25, 0.3) is 0 Å². The third-order valence-electron chi connectivity index (χ3n) is 0.879. The van der Waals surface area contributed by atoms with Gasteiger partial charge in [-0.25, -0.2) is 0 Å². The monoisotopic (exact) mass is 211 g/mol. The van der Waals surface area contributed by atoms with Gasteiger partial charge >= 0.3 is 0 Å². The van der Waals surface area contributed by atoms with E-state index in [9.17, 15) is 0 Å². The van der Waals surface area contributed by atoms with Crippen LogP contribution in [0.5, 0.6) is 0 Å². The van der Waals surface area contributed by atoms with Crippen molar-refractivity contribution in [3.8, 4) is 0 Å². The van der Waals surface area contributed by atoms with E-state index in [4.69, 9.17) is 0 Å². The Kier molecular flexibility index (Phi) is 4.82. The summed E-state index contributed by atoms with van der Waals surface area (Å²) in [6, 6.07) is 0. The number of hydrogen-bond donors (Lipinski definition) is 0. The summed E-state index contributed by atoms with van der Waals surface area (Å²) < 4.78 is 1.07. The zero-order chi connectivity index (χ0) is 5.70. The van der Waals surface area contributed by atoms with Crippen molar-refractivity contribution in [3.63, 3.8) is 0 Å². The van der Waals surface area contributed by atoms with E-state index in [1.54, 1.807) is 0 Å². The number of aliphatic imine (C=N–C) groups is 1. The van der Waals surface area contributed by atoms with Crippen LogP contribution in [-0.4, -0.2) is 17.2 Å². The highest BCUT2D eigenvalue weighted by molar-refractivity contribution is 14.1. The molecule has 0 N–H and O–H groups in total. The first-order valence-corrected chi connectivity index (χ1v) is 3.88. The highest BCUT2D eigenvalue weighted by atomic mass is 127. The van der Waals surface area contributed by atoms with E-state index >= 15 is 0 Å². The van der Waals surface area contributed by atoms with Crippen LogP contribution < -0.4 is 0 Å². The largest absolute Gasteiger partial charge is 0.297 e. The van der Waals surface area contributed by atoms with Crippen molar-refractivity contribution < 1.29 is 0 Å². The molecule has 42 valence electrons. The highest BCUT2D eigenvalue weighted by Gasteiger charge is 1.85. The Hall–Kier alpha value is 0.400. The van der Waals surface area contributed by atoms with E-state index in [1.165, 1.54) is 5.71 Å². The second-order valence-electron chi connectivity index (χ2n) is 1.28. The van der Waals surface area contributed by atoms with Gasteiger partial charge in [-0.3, -0.25) is 4.99 Å². The molecule has 0 unspecified atom stereocenters. The molecule has 0 spiro atoms. The minimum absolute atomic E-state index is 1.07. The minimum Gasteiger partial charge on any atom is -0.297 e. The lowest BCUT2D eigenvalue weighted by molar-refractivity contribution is 1.24. The van der Waals surface area contributed by atoms with Crippen molar-refractivity contribution in [2.24, 2.45) is 4.99 Å². The second kappa shape index (κ2) is 4.56. The van der Waals surface area contributed by atoms with Crippen LogP contribution >= 0.6 is 22.6 Å². The molecule has 0 saturated carbocycles. The Bertz CT molecular complexity index is 62.5. The van der Waals surface area contributed by atoms with E-state index in [-0.39, 0.29) is 0 Å². The predicted octanol–water partition coefficient (Wildman–Crippen LogP) is 1.90. The quantitative estimate of drug-likeness (QED) is 0.375. The number of halogens is 1. The van der Waals surface area contributed by atoms with Crippen molar-refractivity contribution in [2.45, 2.75) is 13.3 Å². The van der Waals surface area contributed by atoms with Crippen LogP contribution in [0, 0.1) is 0 Å². The van der Waals surface area contributed by atoms with Crippen LogP contribution in [-0.2, 0) is 0 Å². The predicted molar refractivity (Wildman–Crippen MR) is 42.5 cm³/mol. The van der Waals surface area contributed by atoms with E-state index in [0.29, 0.717) is 0 Å². The summed E-state index contributed by atoms with van der Waals surface area (Å²) in [6.45, 7) is 2.13. The van der Waals surface area contributed by atoms with Crippen LogP contribution in [0.3, 0.4) is 0 Å². The van der Waals surface area contributed by atoms with Crippen LogP contribution in [0.4, 0.5) is 0 Å². The molecule has 0 aliphatic heterocycles. The molecular formula is C5H10IN. The smallest absolute Gasteiger partial charge is 0.0376 e. The summed E-state index contributed by atoms with van der Waals surface area (Å²) in [7, 11) is 1.84. The Morgan fingerprint density at radius 3 is 2.29 bits per heavy atom. The first kappa shape index (κ1) is 7.40. The van der Waals surface area contributed by atoms with Gasteiger partial charge in [-0.05, 0) is 6.42 Å². The maximum atomic E-state index is 4.03. The molecule has 0 fully saturated rings.